The minimum absolute atomic E-state index is 0.534. The predicted molar refractivity (Wildman–Crippen MR) is 66.5 cm³/mol. The summed E-state index contributed by atoms with van der Waals surface area (Å²) in [7, 11) is 2.12. The minimum Gasteiger partial charge on any atom is -0.369 e. The molecule has 0 saturated carbocycles. The van der Waals surface area contributed by atoms with Crippen LogP contribution in [0.25, 0.3) is 0 Å². The van der Waals surface area contributed by atoms with E-state index in [1.807, 2.05) is 12.1 Å². The first-order chi connectivity index (χ1) is 7.70. The van der Waals surface area contributed by atoms with E-state index in [0.29, 0.717) is 10.6 Å². The summed E-state index contributed by atoms with van der Waals surface area (Å²) < 4.78 is 0. The summed E-state index contributed by atoms with van der Waals surface area (Å²) >= 11 is 6.01. The number of piperazine rings is 1. The van der Waals surface area contributed by atoms with Gasteiger partial charge in [-0.3, -0.25) is 4.79 Å². The summed E-state index contributed by atoms with van der Waals surface area (Å²) in [6.45, 7) is 4.14. The van der Waals surface area contributed by atoms with Gasteiger partial charge in [-0.1, -0.05) is 11.6 Å². The zero-order chi connectivity index (χ0) is 11.5. The van der Waals surface area contributed by atoms with Gasteiger partial charge >= 0.3 is 0 Å². The van der Waals surface area contributed by atoms with Crippen LogP contribution < -0.4 is 4.90 Å². The monoisotopic (exact) mass is 238 g/mol. The Morgan fingerprint density at radius 3 is 2.50 bits per heavy atom. The van der Waals surface area contributed by atoms with Gasteiger partial charge in [-0.25, -0.2) is 0 Å². The van der Waals surface area contributed by atoms with Gasteiger partial charge in [-0.2, -0.15) is 0 Å². The van der Waals surface area contributed by atoms with Crippen molar-refractivity contribution in [2.75, 3.05) is 38.1 Å². The summed E-state index contributed by atoms with van der Waals surface area (Å²) in [5.41, 5.74) is 1.66. The van der Waals surface area contributed by atoms with Crippen LogP contribution in [0.4, 0.5) is 5.69 Å². The summed E-state index contributed by atoms with van der Waals surface area (Å²) in [4.78, 5) is 15.2. The Kier molecular flexibility index (Phi) is 3.46. The van der Waals surface area contributed by atoms with E-state index in [1.54, 1.807) is 6.07 Å². The predicted octanol–water partition coefficient (Wildman–Crippen LogP) is 1.90. The van der Waals surface area contributed by atoms with Crippen LogP contribution in [0.15, 0.2) is 18.2 Å². The van der Waals surface area contributed by atoms with Gasteiger partial charge in [0.2, 0.25) is 0 Å². The lowest BCUT2D eigenvalue weighted by atomic mass is 10.2. The third-order valence-electron chi connectivity index (χ3n) is 2.98. The molecule has 1 aromatic carbocycles. The third kappa shape index (κ3) is 2.36. The second-order valence-corrected chi connectivity index (χ2v) is 4.52. The first-order valence-corrected chi connectivity index (χ1v) is 5.77. The fourth-order valence-electron chi connectivity index (χ4n) is 1.87. The SMILES string of the molecule is CN1CCN(c2ccc(C=O)c(Cl)c2)CC1. The lowest BCUT2D eigenvalue weighted by Crippen LogP contribution is -2.44. The molecule has 0 spiro atoms. The fourth-order valence-corrected chi connectivity index (χ4v) is 2.09. The Morgan fingerprint density at radius 2 is 1.94 bits per heavy atom. The molecule has 3 nitrogen and oxygen atoms in total. The molecule has 0 bridgehead atoms. The number of hydrogen-bond acceptors (Lipinski definition) is 3. The Hall–Kier alpha value is -1.06. The van der Waals surface area contributed by atoms with Crippen molar-refractivity contribution in [3.63, 3.8) is 0 Å². The van der Waals surface area contributed by atoms with Gasteiger partial charge in [-0.05, 0) is 25.2 Å². The fraction of sp³-hybridized carbons (Fsp3) is 0.417. The number of likely N-dealkylation sites (N-methyl/N-ethyl adjacent to an activating group) is 1. The van der Waals surface area contributed by atoms with Crippen LogP contribution in [0.2, 0.25) is 5.02 Å². The van der Waals surface area contributed by atoms with E-state index < -0.39 is 0 Å². The van der Waals surface area contributed by atoms with Crippen LogP contribution in [0, 0.1) is 0 Å². The quantitative estimate of drug-likeness (QED) is 0.736. The van der Waals surface area contributed by atoms with E-state index in [9.17, 15) is 4.79 Å². The highest BCUT2D eigenvalue weighted by molar-refractivity contribution is 6.33. The first-order valence-electron chi connectivity index (χ1n) is 5.39. The van der Waals surface area contributed by atoms with Crippen molar-refractivity contribution in [1.82, 2.24) is 4.90 Å². The average Bonchev–Trinajstić information content (AvgIpc) is 2.30. The number of halogens is 1. The number of carbonyl (C=O) groups excluding carboxylic acids is 1. The van der Waals surface area contributed by atoms with Crippen molar-refractivity contribution in [1.29, 1.82) is 0 Å². The molecule has 1 fully saturated rings. The van der Waals surface area contributed by atoms with Crippen molar-refractivity contribution in [3.8, 4) is 0 Å². The molecule has 1 saturated heterocycles. The van der Waals surface area contributed by atoms with Crippen molar-refractivity contribution in [3.05, 3.63) is 28.8 Å². The van der Waals surface area contributed by atoms with E-state index >= 15 is 0 Å². The van der Waals surface area contributed by atoms with Crippen LogP contribution in [0.1, 0.15) is 10.4 Å². The van der Waals surface area contributed by atoms with Crippen LogP contribution in [-0.4, -0.2) is 44.4 Å². The van der Waals surface area contributed by atoms with Crippen LogP contribution in [0.5, 0.6) is 0 Å². The Bertz CT molecular complexity index is 387. The van der Waals surface area contributed by atoms with Crippen molar-refractivity contribution < 1.29 is 4.79 Å². The largest absolute Gasteiger partial charge is 0.369 e. The van der Waals surface area contributed by atoms with E-state index in [4.69, 9.17) is 11.6 Å². The highest BCUT2D eigenvalue weighted by Crippen LogP contribution is 2.23. The van der Waals surface area contributed by atoms with Gasteiger partial charge in [0.25, 0.3) is 0 Å². The molecule has 4 heteroatoms. The lowest BCUT2D eigenvalue weighted by molar-refractivity contribution is 0.112. The van der Waals surface area contributed by atoms with Crippen molar-refractivity contribution >= 4 is 23.6 Å². The molecule has 0 N–H and O–H groups in total. The molecule has 86 valence electrons. The molecule has 1 aliphatic heterocycles. The van der Waals surface area contributed by atoms with Gasteiger partial charge in [0.05, 0.1) is 5.02 Å². The normalized spacial score (nSPS) is 17.5. The molecule has 0 aliphatic carbocycles. The molecular weight excluding hydrogens is 224 g/mol. The first kappa shape index (κ1) is 11.4. The Morgan fingerprint density at radius 1 is 1.25 bits per heavy atom. The van der Waals surface area contributed by atoms with Crippen LogP contribution >= 0.6 is 11.6 Å². The molecule has 0 unspecified atom stereocenters. The molecule has 1 aromatic rings. The molecule has 2 rings (SSSR count). The molecule has 16 heavy (non-hydrogen) atoms. The third-order valence-corrected chi connectivity index (χ3v) is 3.31. The maximum atomic E-state index is 10.7. The number of carbonyl (C=O) groups is 1. The molecule has 0 atom stereocenters. The topological polar surface area (TPSA) is 23.6 Å². The van der Waals surface area contributed by atoms with Crippen LogP contribution in [0.3, 0.4) is 0 Å². The van der Waals surface area contributed by atoms with Crippen LogP contribution in [-0.2, 0) is 0 Å². The van der Waals surface area contributed by atoms with E-state index in [0.717, 1.165) is 38.2 Å². The Balaban J connectivity index is 2.15. The molecule has 0 radical (unpaired) electrons. The van der Waals surface area contributed by atoms with E-state index in [2.05, 4.69) is 16.8 Å². The highest BCUT2D eigenvalue weighted by atomic mass is 35.5. The number of anilines is 1. The zero-order valence-electron chi connectivity index (χ0n) is 9.32. The number of aldehydes is 1. The molecular formula is C12H15ClN2O. The summed E-state index contributed by atoms with van der Waals surface area (Å²) in [5, 5.41) is 0.534. The highest BCUT2D eigenvalue weighted by Gasteiger charge is 2.14. The number of hydrogen-bond donors (Lipinski definition) is 0. The van der Waals surface area contributed by atoms with Gasteiger partial charge < -0.3 is 9.80 Å². The number of benzene rings is 1. The summed E-state index contributed by atoms with van der Waals surface area (Å²) in [6.07, 6.45) is 0.788. The minimum atomic E-state index is 0.534. The summed E-state index contributed by atoms with van der Waals surface area (Å²) in [6, 6.07) is 5.61. The second-order valence-electron chi connectivity index (χ2n) is 4.11. The number of nitrogens with zero attached hydrogens (tertiary/aromatic N) is 2. The number of rotatable bonds is 2. The standard InChI is InChI=1S/C12H15ClN2O/c1-14-4-6-15(7-5-14)11-3-2-10(9-16)12(13)8-11/h2-3,8-9H,4-7H2,1H3. The molecule has 1 aliphatic rings. The van der Waals surface area contributed by atoms with Gasteiger partial charge in [-0.15, -0.1) is 0 Å². The second kappa shape index (κ2) is 4.85. The maximum Gasteiger partial charge on any atom is 0.151 e. The van der Waals surface area contributed by atoms with Gasteiger partial charge in [0.1, 0.15) is 0 Å². The van der Waals surface area contributed by atoms with Gasteiger partial charge in [0, 0.05) is 37.4 Å². The molecule has 1 heterocycles. The molecule has 0 amide bonds. The smallest absolute Gasteiger partial charge is 0.151 e. The Labute approximate surface area is 101 Å². The summed E-state index contributed by atoms with van der Waals surface area (Å²) in [5.74, 6) is 0. The van der Waals surface area contributed by atoms with Crippen molar-refractivity contribution in [2.45, 2.75) is 0 Å². The lowest BCUT2D eigenvalue weighted by Gasteiger charge is -2.34. The maximum absolute atomic E-state index is 10.7. The van der Waals surface area contributed by atoms with Crippen molar-refractivity contribution in [2.24, 2.45) is 0 Å². The molecule has 0 aromatic heterocycles. The van der Waals surface area contributed by atoms with E-state index in [1.165, 1.54) is 0 Å². The zero-order valence-corrected chi connectivity index (χ0v) is 10.1. The van der Waals surface area contributed by atoms with Gasteiger partial charge in [0.15, 0.2) is 6.29 Å². The average molecular weight is 239 g/mol. The van der Waals surface area contributed by atoms with E-state index in [-0.39, 0.29) is 0 Å².